The summed E-state index contributed by atoms with van der Waals surface area (Å²) in [4.78, 5) is 12.1. The van der Waals surface area contributed by atoms with Crippen molar-refractivity contribution in [3.8, 4) is 5.75 Å². The number of para-hydroxylation sites is 1. The number of hydrazone groups is 1. The van der Waals surface area contributed by atoms with E-state index in [1.807, 2.05) is 24.3 Å². The van der Waals surface area contributed by atoms with Gasteiger partial charge in [0.25, 0.3) is 5.91 Å². The zero-order valence-electron chi connectivity index (χ0n) is 13.2. The van der Waals surface area contributed by atoms with Crippen molar-refractivity contribution in [2.24, 2.45) is 5.10 Å². The molecule has 0 saturated heterocycles. The first-order chi connectivity index (χ1) is 11.6. The molecule has 0 bridgehead atoms. The standard InChI is InChI=1S/C18H15ClN2O3/c1-11(20-21-18(22)13-6-3-7-14(19)9-13)16-10-12-5-4-8-15(23-2)17(12)24-16/h3-10H,1-2H3,(H,21,22)/b20-11-. The van der Waals surface area contributed by atoms with Gasteiger partial charge in [-0.3, -0.25) is 4.79 Å². The normalized spacial score (nSPS) is 11.5. The average molecular weight is 343 g/mol. The van der Waals surface area contributed by atoms with Gasteiger partial charge in [-0.05, 0) is 37.3 Å². The van der Waals surface area contributed by atoms with Crippen LogP contribution in [0.1, 0.15) is 23.0 Å². The van der Waals surface area contributed by atoms with Crippen LogP contribution in [-0.2, 0) is 0 Å². The van der Waals surface area contributed by atoms with Crippen LogP contribution in [0.2, 0.25) is 5.02 Å². The Morgan fingerprint density at radius 3 is 2.75 bits per heavy atom. The largest absolute Gasteiger partial charge is 0.493 e. The van der Waals surface area contributed by atoms with Gasteiger partial charge in [0.05, 0.1) is 7.11 Å². The van der Waals surface area contributed by atoms with E-state index >= 15 is 0 Å². The van der Waals surface area contributed by atoms with E-state index in [0.717, 1.165) is 5.39 Å². The van der Waals surface area contributed by atoms with Crippen molar-refractivity contribution in [2.45, 2.75) is 6.92 Å². The van der Waals surface area contributed by atoms with E-state index < -0.39 is 0 Å². The summed E-state index contributed by atoms with van der Waals surface area (Å²) in [7, 11) is 1.59. The van der Waals surface area contributed by atoms with Gasteiger partial charge in [0.15, 0.2) is 17.1 Å². The number of halogens is 1. The van der Waals surface area contributed by atoms with E-state index in [0.29, 0.717) is 33.4 Å². The predicted molar refractivity (Wildman–Crippen MR) is 93.9 cm³/mol. The number of hydrogen-bond donors (Lipinski definition) is 1. The summed E-state index contributed by atoms with van der Waals surface area (Å²) in [6, 6.07) is 14.1. The van der Waals surface area contributed by atoms with Gasteiger partial charge in [0.1, 0.15) is 5.71 Å². The molecule has 0 aliphatic carbocycles. The van der Waals surface area contributed by atoms with Crippen LogP contribution in [0.3, 0.4) is 0 Å². The number of methoxy groups -OCH3 is 1. The first-order valence-electron chi connectivity index (χ1n) is 7.25. The van der Waals surface area contributed by atoms with Crippen LogP contribution in [0.25, 0.3) is 11.0 Å². The van der Waals surface area contributed by atoms with Gasteiger partial charge < -0.3 is 9.15 Å². The molecule has 1 aromatic heterocycles. The number of hydrogen-bond acceptors (Lipinski definition) is 4. The van der Waals surface area contributed by atoms with Gasteiger partial charge in [0, 0.05) is 16.0 Å². The highest BCUT2D eigenvalue weighted by Gasteiger charge is 2.11. The fraction of sp³-hybridized carbons (Fsp3) is 0.111. The quantitative estimate of drug-likeness (QED) is 0.569. The van der Waals surface area contributed by atoms with Crippen molar-refractivity contribution >= 4 is 34.2 Å². The molecule has 24 heavy (non-hydrogen) atoms. The zero-order valence-corrected chi connectivity index (χ0v) is 13.9. The Morgan fingerprint density at radius 1 is 1.21 bits per heavy atom. The maximum atomic E-state index is 12.1. The molecule has 0 atom stereocenters. The molecule has 0 fully saturated rings. The number of benzene rings is 2. The van der Waals surface area contributed by atoms with Crippen LogP contribution in [0.4, 0.5) is 0 Å². The molecule has 122 valence electrons. The summed E-state index contributed by atoms with van der Waals surface area (Å²) in [6.45, 7) is 1.75. The second kappa shape index (κ2) is 6.76. The summed E-state index contributed by atoms with van der Waals surface area (Å²) >= 11 is 5.88. The van der Waals surface area contributed by atoms with E-state index in [9.17, 15) is 4.79 Å². The summed E-state index contributed by atoms with van der Waals surface area (Å²) in [6.07, 6.45) is 0. The van der Waals surface area contributed by atoms with E-state index in [4.69, 9.17) is 20.8 Å². The van der Waals surface area contributed by atoms with E-state index in [1.54, 1.807) is 38.3 Å². The van der Waals surface area contributed by atoms with Crippen LogP contribution < -0.4 is 10.2 Å². The number of carbonyl (C=O) groups excluding carboxylic acids is 1. The number of nitrogens with zero attached hydrogens (tertiary/aromatic N) is 1. The highest BCUT2D eigenvalue weighted by molar-refractivity contribution is 6.30. The van der Waals surface area contributed by atoms with Gasteiger partial charge in [-0.25, -0.2) is 5.43 Å². The number of rotatable bonds is 4. The molecule has 1 N–H and O–H groups in total. The van der Waals surface area contributed by atoms with Crippen molar-refractivity contribution in [1.29, 1.82) is 0 Å². The molecule has 1 heterocycles. The molecular formula is C18H15ClN2O3. The van der Waals surface area contributed by atoms with Crippen LogP contribution in [0.5, 0.6) is 5.75 Å². The molecule has 2 aromatic carbocycles. The van der Waals surface area contributed by atoms with Gasteiger partial charge >= 0.3 is 0 Å². The minimum atomic E-state index is -0.342. The van der Waals surface area contributed by atoms with Crippen molar-refractivity contribution < 1.29 is 13.9 Å². The lowest BCUT2D eigenvalue weighted by atomic mass is 10.2. The molecule has 3 rings (SSSR count). The number of carbonyl (C=O) groups is 1. The fourth-order valence-corrected chi connectivity index (χ4v) is 2.45. The van der Waals surface area contributed by atoms with Gasteiger partial charge in [-0.15, -0.1) is 0 Å². The Balaban J connectivity index is 1.82. The monoisotopic (exact) mass is 342 g/mol. The van der Waals surface area contributed by atoms with Crippen LogP contribution >= 0.6 is 11.6 Å². The Kier molecular flexibility index (Phi) is 4.53. The molecule has 0 spiro atoms. The second-order valence-electron chi connectivity index (χ2n) is 5.14. The number of fused-ring (bicyclic) bond motifs is 1. The molecule has 1 amide bonds. The highest BCUT2D eigenvalue weighted by Crippen LogP contribution is 2.28. The number of nitrogens with one attached hydrogen (secondary N) is 1. The number of ether oxygens (including phenoxy) is 1. The predicted octanol–water partition coefficient (Wildman–Crippen LogP) is 4.25. The molecule has 0 aliphatic rings. The molecule has 0 saturated carbocycles. The molecule has 3 aromatic rings. The maximum absolute atomic E-state index is 12.1. The third kappa shape index (κ3) is 3.26. The SMILES string of the molecule is COc1cccc2cc(/C(C)=N\NC(=O)c3cccc(Cl)c3)oc12. The zero-order chi connectivity index (χ0) is 17.1. The van der Waals surface area contributed by atoms with Crippen molar-refractivity contribution in [2.75, 3.05) is 7.11 Å². The third-order valence-electron chi connectivity index (χ3n) is 3.50. The summed E-state index contributed by atoms with van der Waals surface area (Å²) in [5.41, 5.74) is 4.12. The van der Waals surface area contributed by atoms with Gasteiger partial charge in [0.2, 0.25) is 0 Å². The van der Waals surface area contributed by atoms with Crippen molar-refractivity contribution in [3.63, 3.8) is 0 Å². The fourth-order valence-electron chi connectivity index (χ4n) is 2.26. The van der Waals surface area contributed by atoms with Crippen molar-refractivity contribution in [1.82, 2.24) is 5.43 Å². The molecular weight excluding hydrogens is 328 g/mol. The first-order valence-corrected chi connectivity index (χ1v) is 7.63. The molecule has 0 radical (unpaired) electrons. The molecule has 5 nitrogen and oxygen atoms in total. The van der Waals surface area contributed by atoms with E-state index in [2.05, 4.69) is 10.5 Å². The highest BCUT2D eigenvalue weighted by atomic mass is 35.5. The van der Waals surface area contributed by atoms with Crippen LogP contribution in [0.15, 0.2) is 58.0 Å². The Morgan fingerprint density at radius 2 is 2.00 bits per heavy atom. The van der Waals surface area contributed by atoms with Crippen LogP contribution in [0, 0.1) is 0 Å². The van der Waals surface area contributed by atoms with E-state index in [1.165, 1.54) is 0 Å². The summed E-state index contributed by atoms with van der Waals surface area (Å²) in [5, 5.41) is 5.49. The minimum Gasteiger partial charge on any atom is -0.493 e. The number of furan rings is 1. The third-order valence-corrected chi connectivity index (χ3v) is 3.73. The Hall–Kier alpha value is -2.79. The van der Waals surface area contributed by atoms with Gasteiger partial charge in [-0.2, -0.15) is 5.10 Å². The van der Waals surface area contributed by atoms with Gasteiger partial charge in [-0.1, -0.05) is 29.8 Å². The molecule has 0 aliphatic heterocycles. The Bertz CT molecular complexity index is 931. The van der Waals surface area contributed by atoms with Crippen LogP contribution in [-0.4, -0.2) is 18.7 Å². The Labute approximate surface area is 143 Å². The lowest BCUT2D eigenvalue weighted by molar-refractivity contribution is 0.0955. The average Bonchev–Trinajstić information content (AvgIpc) is 3.03. The van der Waals surface area contributed by atoms with E-state index in [-0.39, 0.29) is 5.91 Å². The summed E-state index contributed by atoms with van der Waals surface area (Å²) in [5.74, 6) is 0.862. The van der Waals surface area contributed by atoms with Crippen molar-refractivity contribution in [3.05, 3.63) is 64.9 Å². The smallest absolute Gasteiger partial charge is 0.271 e. The lowest BCUT2D eigenvalue weighted by Crippen LogP contribution is -2.19. The maximum Gasteiger partial charge on any atom is 0.271 e. The lowest BCUT2D eigenvalue weighted by Gasteiger charge is -2.02. The first kappa shape index (κ1) is 16.1. The second-order valence-corrected chi connectivity index (χ2v) is 5.57. The molecule has 6 heteroatoms. The summed E-state index contributed by atoms with van der Waals surface area (Å²) < 4.78 is 11.1. The minimum absolute atomic E-state index is 0.342. The number of amides is 1. The topological polar surface area (TPSA) is 63.8 Å². The molecule has 0 unspecified atom stereocenters.